The quantitative estimate of drug-likeness (QED) is 0.659. The van der Waals surface area contributed by atoms with Crippen molar-refractivity contribution >= 4 is 34.2 Å². The maximum absolute atomic E-state index is 13.5. The molecule has 1 saturated heterocycles. The first-order valence-corrected chi connectivity index (χ1v) is 8.87. The zero-order chi connectivity index (χ0) is 17.1. The molecule has 0 bridgehead atoms. The highest BCUT2D eigenvalue weighted by Crippen LogP contribution is 2.20. The molecule has 0 unspecified atom stereocenters. The smallest absolute Gasteiger partial charge is 0.255 e. The van der Waals surface area contributed by atoms with E-state index in [2.05, 4.69) is 27.5 Å². The van der Waals surface area contributed by atoms with Crippen LogP contribution in [0.1, 0.15) is 16.8 Å². The Morgan fingerprint density at radius 2 is 1.62 bits per heavy atom. The summed E-state index contributed by atoms with van der Waals surface area (Å²) < 4.78 is 27.3. The highest BCUT2D eigenvalue weighted by atomic mass is 127. The molecule has 1 amide bonds. The minimum atomic E-state index is -0.401. The van der Waals surface area contributed by atoms with E-state index in [0.29, 0.717) is 25.2 Å². The molecule has 0 spiro atoms. The minimum absolute atomic E-state index is 0.139. The third-order valence-electron chi connectivity index (χ3n) is 4.13. The fourth-order valence-corrected chi connectivity index (χ4v) is 3.43. The van der Waals surface area contributed by atoms with Crippen LogP contribution in [0.15, 0.2) is 42.5 Å². The summed E-state index contributed by atoms with van der Waals surface area (Å²) in [5.74, 6) is -0.799. The fraction of sp³-hybridized carbons (Fsp3) is 0.278. The number of benzene rings is 2. The minimum Gasteiger partial charge on any atom is -0.370 e. The van der Waals surface area contributed by atoms with Crippen molar-refractivity contribution in [2.24, 2.45) is 0 Å². The Morgan fingerprint density at radius 1 is 0.917 bits per heavy atom. The van der Waals surface area contributed by atoms with Crippen LogP contribution in [0.3, 0.4) is 0 Å². The van der Waals surface area contributed by atoms with Gasteiger partial charge in [-0.05, 0) is 71.5 Å². The van der Waals surface area contributed by atoms with Crippen molar-refractivity contribution in [1.82, 2.24) is 4.90 Å². The Labute approximate surface area is 153 Å². The lowest BCUT2D eigenvalue weighted by Crippen LogP contribution is -2.35. The first-order chi connectivity index (χ1) is 11.5. The summed E-state index contributed by atoms with van der Waals surface area (Å²) in [6.07, 6.45) is 0.814. The molecule has 1 aliphatic rings. The van der Waals surface area contributed by atoms with Gasteiger partial charge in [-0.2, -0.15) is 0 Å². The molecule has 24 heavy (non-hydrogen) atoms. The van der Waals surface area contributed by atoms with Crippen LogP contribution in [0, 0.1) is 15.2 Å². The van der Waals surface area contributed by atoms with Gasteiger partial charge in [0, 0.05) is 35.4 Å². The standard InChI is InChI=1S/C18H17F2IN2O/c19-13-2-5-15(6-3-13)22-8-1-9-23(11-10-22)18(24)16-12-14(20)4-7-17(16)21/h2-7,12H,1,8-11H2. The Bertz CT molecular complexity index is 736. The molecule has 0 N–H and O–H groups in total. The van der Waals surface area contributed by atoms with E-state index in [0.717, 1.165) is 22.2 Å². The lowest BCUT2D eigenvalue weighted by molar-refractivity contribution is 0.0765. The molecule has 0 saturated carbocycles. The summed E-state index contributed by atoms with van der Waals surface area (Å²) in [7, 11) is 0. The normalized spacial score (nSPS) is 15.3. The van der Waals surface area contributed by atoms with Gasteiger partial charge in [-0.1, -0.05) is 0 Å². The summed E-state index contributed by atoms with van der Waals surface area (Å²) in [6, 6.07) is 10.7. The van der Waals surface area contributed by atoms with Gasteiger partial charge in [0.2, 0.25) is 0 Å². The Kier molecular flexibility index (Phi) is 5.33. The van der Waals surface area contributed by atoms with Crippen LogP contribution in [0.5, 0.6) is 0 Å². The van der Waals surface area contributed by atoms with E-state index in [1.54, 1.807) is 23.1 Å². The van der Waals surface area contributed by atoms with Crippen LogP contribution in [0.4, 0.5) is 14.5 Å². The van der Waals surface area contributed by atoms with Gasteiger partial charge in [-0.25, -0.2) is 8.78 Å². The molecular formula is C18H17F2IN2O. The summed E-state index contributed by atoms with van der Waals surface area (Å²) in [6.45, 7) is 2.66. The first-order valence-electron chi connectivity index (χ1n) is 7.79. The topological polar surface area (TPSA) is 23.6 Å². The zero-order valence-electron chi connectivity index (χ0n) is 13.0. The molecule has 2 aromatic rings. The van der Waals surface area contributed by atoms with E-state index in [9.17, 15) is 13.6 Å². The highest BCUT2D eigenvalue weighted by molar-refractivity contribution is 14.1. The lowest BCUT2D eigenvalue weighted by Gasteiger charge is -2.24. The van der Waals surface area contributed by atoms with Crippen LogP contribution < -0.4 is 4.90 Å². The molecule has 0 radical (unpaired) electrons. The van der Waals surface area contributed by atoms with Crippen molar-refractivity contribution in [3.63, 3.8) is 0 Å². The maximum atomic E-state index is 13.5. The number of amides is 1. The number of carbonyl (C=O) groups is 1. The van der Waals surface area contributed by atoms with E-state index in [-0.39, 0.29) is 11.7 Å². The molecule has 2 aromatic carbocycles. The molecular weight excluding hydrogens is 425 g/mol. The number of carbonyl (C=O) groups excluding carboxylic acids is 1. The second kappa shape index (κ2) is 7.46. The average molecular weight is 442 g/mol. The molecule has 3 rings (SSSR count). The van der Waals surface area contributed by atoms with Gasteiger partial charge in [0.05, 0.1) is 5.56 Å². The third-order valence-corrected chi connectivity index (χ3v) is 5.07. The van der Waals surface area contributed by atoms with E-state index in [1.807, 2.05) is 0 Å². The Hall–Kier alpha value is -1.70. The molecule has 0 atom stereocenters. The summed E-state index contributed by atoms with van der Waals surface area (Å²) >= 11 is 2.05. The van der Waals surface area contributed by atoms with Crippen molar-refractivity contribution in [3.05, 3.63) is 63.2 Å². The Morgan fingerprint density at radius 3 is 2.38 bits per heavy atom. The van der Waals surface area contributed by atoms with Crippen molar-refractivity contribution in [2.45, 2.75) is 6.42 Å². The number of nitrogens with zero attached hydrogens (tertiary/aromatic N) is 2. The van der Waals surface area contributed by atoms with Crippen molar-refractivity contribution in [3.8, 4) is 0 Å². The van der Waals surface area contributed by atoms with E-state index >= 15 is 0 Å². The van der Waals surface area contributed by atoms with E-state index in [4.69, 9.17) is 0 Å². The summed E-state index contributed by atoms with van der Waals surface area (Å²) in [5, 5.41) is 0. The predicted octanol–water partition coefficient (Wildman–Crippen LogP) is 3.92. The Balaban J connectivity index is 1.72. The molecule has 3 nitrogen and oxygen atoms in total. The largest absolute Gasteiger partial charge is 0.370 e. The van der Waals surface area contributed by atoms with Gasteiger partial charge in [0.15, 0.2) is 0 Å². The fourth-order valence-electron chi connectivity index (χ4n) is 2.86. The van der Waals surface area contributed by atoms with E-state index in [1.165, 1.54) is 24.3 Å². The van der Waals surface area contributed by atoms with Crippen LogP contribution in [0.25, 0.3) is 0 Å². The van der Waals surface area contributed by atoms with E-state index < -0.39 is 5.82 Å². The predicted molar refractivity (Wildman–Crippen MR) is 98.3 cm³/mol. The molecule has 6 heteroatoms. The van der Waals surface area contributed by atoms with Gasteiger partial charge in [-0.3, -0.25) is 4.79 Å². The van der Waals surface area contributed by atoms with Gasteiger partial charge in [0.25, 0.3) is 5.91 Å². The van der Waals surface area contributed by atoms with Crippen LogP contribution in [-0.2, 0) is 0 Å². The maximum Gasteiger partial charge on any atom is 0.255 e. The van der Waals surface area contributed by atoms with Gasteiger partial charge < -0.3 is 9.80 Å². The first kappa shape index (κ1) is 17.1. The molecule has 0 aliphatic carbocycles. The summed E-state index contributed by atoms with van der Waals surface area (Å²) in [5.41, 5.74) is 1.36. The van der Waals surface area contributed by atoms with Crippen molar-refractivity contribution in [2.75, 3.05) is 31.1 Å². The average Bonchev–Trinajstić information content (AvgIpc) is 2.83. The van der Waals surface area contributed by atoms with Crippen LogP contribution in [0.2, 0.25) is 0 Å². The molecule has 126 valence electrons. The number of rotatable bonds is 2. The van der Waals surface area contributed by atoms with Crippen LogP contribution in [-0.4, -0.2) is 37.0 Å². The second-order valence-corrected chi connectivity index (χ2v) is 6.90. The summed E-state index contributed by atoms with van der Waals surface area (Å²) in [4.78, 5) is 16.6. The van der Waals surface area contributed by atoms with Crippen LogP contribution >= 0.6 is 22.6 Å². The highest BCUT2D eigenvalue weighted by Gasteiger charge is 2.22. The van der Waals surface area contributed by atoms with Gasteiger partial charge in [0.1, 0.15) is 11.6 Å². The number of anilines is 1. The van der Waals surface area contributed by atoms with Gasteiger partial charge in [-0.15, -0.1) is 0 Å². The van der Waals surface area contributed by atoms with Crippen molar-refractivity contribution < 1.29 is 13.6 Å². The molecule has 1 fully saturated rings. The third kappa shape index (κ3) is 3.85. The SMILES string of the molecule is O=C(c1cc(F)ccc1I)N1CCCN(c2ccc(F)cc2)CC1. The van der Waals surface area contributed by atoms with Crippen molar-refractivity contribution in [1.29, 1.82) is 0 Å². The second-order valence-electron chi connectivity index (χ2n) is 5.73. The lowest BCUT2D eigenvalue weighted by atomic mass is 10.2. The van der Waals surface area contributed by atoms with Gasteiger partial charge >= 0.3 is 0 Å². The monoisotopic (exact) mass is 442 g/mol. The number of hydrogen-bond donors (Lipinski definition) is 0. The molecule has 1 heterocycles. The number of halogens is 3. The molecule has 1 aliphatic heterocycles. The number of hydrogen-bond acceptors (Lipinski definition) is 2. The molecule has 0 aromatic heterocycles. The zero-order valence-corrected chi connectivity index (χ0v) is 15.2.